The monoisotopic (exact) mass is 330 g/mol. The first-order valence-electron chi connectivity index (χ1n) is 5.87. The summed E-state index contributed by atoms with van der Waals surface area (Å²) in [6.07, 6.45) is 0. The van der Waals surface area contributed by atoms with E-state index in [4.69, 9.17) is 0 Å². The van der Waals surface area contributed by atoms with E-state index in [1.54, 1.807) is 31.2 Å². The number of anilines is 2. The van der Waals surface area contributed by atoms with Gasteiger partial charge in [0.25, 0.3) is 5.76 Å². The van der Waals surface area contributed by atoms with Crippen molar-refractivity contribution in [1.29, 1.82) is 0 Å². The third-order valence-electron chi connectivity index (χ3n) is 2.50. The van der Waals surface area contributed by atoms with Gasteiger partial charge >= 0.3 is 5.97 Å². The molecule has 2 aromatic rings. The average molecular weight is 330 g/mol. The van der Waals surface area contributed by atoms with Crippen molar-refractivity contribution in [2.24, 2.45) is 0 Å². The molecule has 1 N–H and O–H groups in total. The Balaban J connectivity index is 2.09. The molecule has 0 atom stereocenters. The maximum Gasteiger partial charge on any atom is 0.350 e. The lowest BCUT2D eigenvalue weighted by atomic mass is 10.3. The highest BCUT2D eigenvalue weighted by atomic mass is 32.2. The molecule has 8 heteroatoms. The number of nitrogens with zero attached hydrogens (tertiary/aromatic N) is 1. The molecule has 0 aliphatic carbocycles. The Morgan fingerprint density at radius 1 is 1.38 bits per heavy atom. The minimum absolute atomic E-state index is 0.429. The van der Waals surface area contributed by atoms with Crippen LogP contribution in [0, 0.1) is 6.92 Å². The zero-order chi connectivity index (χ0) is 15.4. The minimum Gasteiger partial charge on any atom is -0.465 e. The van der Waals surface area contributed by atoms with Gasteiger partial charge < -0.3 is 10.1 Å². The van der Waals surface area contributed by atoms with Crippen molar-refractivity contribution < 1.29 is 18.3 Å². The van der Waals surface area contributed by atoms with Gasteiger partial charge in [0.2, 0.25) is 0 Å². The molecule has 2 rings (SSSR count). The van der Waals surface area contributed by atoms with Crippen LogP contribution in [-0.2, 0) is 4.74 Å². The predicted molar refractivity (Wildman–Crippen MR) is 79.8 cm³/mol. The summed E-state index contributed by atoms with van der Waals surface area (Å²) in [6.45, 7) is 1.72. The maximum absolute atomic E-state index is 12.2. The molecule has 0 radical (unpaired) electrons. The number of carbonyl (C=O) groups excluding carboxylic acids is 1. The second-order valence-corrected chi connectivity index (χ2v) is 6.02. The Hall–Kier alpha value is -1.67. The van der Waals surface area contributed by atoms with E-state index in [-0.39, 0.29) is 0 Å². The Bertz CT molecular complexity index is 630. The summed E-state index contributed by atoms with van der Waals surface area (Å²) < 4.78 is 29.1. The van der Waals surface area contributed by atoms with Crippen molar-refractivity contribution in [3.63, 3.8) is 0 Å². The lowest BCUT2D eigenvalue weighted by molar-refractivity contribution is 0.0605. The van der Waals surface area contributed by atoms with Crippen LogP contribution in [-0.4, -0.2) is 23.8 Å². The number of methoxy groups -OCH3 is 1. The van der Waals surface area contributed by atoms with Gasteiger partial charge in [-0.3, -0.25) is 0 Å². The van der Waals surface area contributed by atoms with Gasteiger partial charge in [-0.05, 0) is 31.2 Å². The molecule has 1 heterocycles. The smallest absolute Gasteiger partial charge is 0.350 e. The number of rotatable bonds is 5. The number of halogens is 2. The summed E-state index contributed by atoms with van der Waals surface area (Å²) in [6, 6.07) is 6.56. The van der Waals surface area contributed by atoms with Gasteiger partial charge in [0, 0.05) is 10.6 Å². The molecule has 0 amide bonds. The molecule has 112 valence electrons. The van der Waals surface area contributed by atoms with Crippen molar-refractivity contribution in [3.8, 4) is 0 Å². The highest BCUT2D eigenvalue weighted by Crippen LogP contribution is 2.29. The first kappa shape index (κ1) is 15.7. The van der Waals surface area contributed by atoms with Crippen molar-refractivity contribution in [2.75, 3.05) is 12.4 Å². The molecule has 1 aromatic heterocycles. The van der Waals surface area contributed by atoms with E-state index in [1.807, 2.05) is 0 Å². The molecule has 4 nitrogen and oxygen atoms in total. The van der Waals surface area contributed by atoms with Crippen molar-refractivity contribution in [1.82, 2.24) is 4.98 Å². The van der Waals surface area contributed by atoms with Crippen molar-refractivity contribution in [2.45, 2.75) is 17.6 Å². The van der Waals surface area contributed by atoms with Crippen LogP contribution in [0.1, 0.15) is 15.4 Å². The standard InChI is InChI=1S/C13H12F2N2O2S2/c1-7-10(11(18)19-2)21-13(16-7)17-8-3-5-9(6-4-8)20-12(14)15/h3-6,12H,1-2H3,(H,16,17). The largest absolute Gasteiger partial charge is 0.465 e. The fourth-order valence-corrected chi connectivity index (χ4v) is 2.98. The highest BCUT2D eigenvalue weighted by molar-refractivity contribution is 7.99. The number of aromatic nitrogens is 1. The molecular formula is C13H12F2N2O2S2. The summed E-state index contributed by atoms with van der Waals surface area (Å²) in [7, 11) is 1.31. The quantitative estimate of drug-likeness (QED) is 0.654. The Kier molecular flexibility index (Phi) is 5.13. The third kappa shape index (κ3) is 4.15. The molecule has 21 heavy (non-hydrogen) atoms. The van der Waals surface area contributed by atoms with Gasteiger partial charge in [-0.15, -0.1) is 0 Å². The number of aryl methyl sites for hydroxylation is 1. The van der Waals surface area contributed by atoms with Crippen LogP contribution in [0.15, 0.2) is 29.2 Å². The van der Waals surface area contributed by atoms with Gasteiger partial charge in [-0.25, -0.2) is 9.78 Å². The average Bonchev–Trinajstić information content (AvgIpc) is 2.80. The molecule has 0 aliphatic rings. The SMILES string of the molecule is COC(=O)c1sc(Nc2ccc(SC(F)F)cc2)nc1C. The van der Waals surface area contributed by atoms with E-state index in [0.717, 1.165) is 0 Å². The Labute approximate surface area is 128 Å². The summed E-state index contributed by atoms with van der Waals surface area (Å²) >= 11 is 1.67. The second kappa shape index (κ2) is 6.86. The topological polar surface area (TPSA) is 51.2 Å². The van der Waals surface area contributed by atoms with Gasteiger partial charge in [-0.1, -0.05) is 23.1 Å². The fourth-order valence-electron chi connectivity index (χ4n) is 1.58. The number of ether oxygens (including phenoxy) is 1. The third-order valence-corrected chi connectivity index (χ3v) is 4.27. The van der Waals surface area contributed by atoms with Crippen molar-refractivity contribution in [3.05, 3.63) is 34.8 Å². The number of nitrogens with one attached hydrogen (secondary N) is 1. The molecule has 0 saturated carbocycles. The molecule has 1 aromatic carbocycles. The normalized spacial score (nSPS) is 10.7. The lowest BCUT2D eigenvalue weighted by Crippen LogP contribution is -1.99. The van der Waals surface area contributed by atoms with E-state index >= 15 is 0 Å². The van der Waals surface area contributed by atoms with Gasteiger partial charge in [-0.2, -0.15) is 8.78 Å². The van der Waals surface area contributed by atoms with Crippen LogP contribution in [0.5, 0.6) is 0 Å². The number of thioether (sulfide) groups is 1. The molecule has 0 unspecified atom stereocenters. The molecule has 0 fully saturated rings. The maximum atomic E-state index is 12.2. The molecule has 0 bridgehead atoms. The molecule has 0 saturated heterocycles. The van der Waals surface area contributed by atoms with Crippen LogP contribution in [0.25, 0.3) is 0 Å². The van der Waals surface area contributed by atoms with Gasteiger partial charge in [0.1, 0.15) is 4.88 Å². The summed E-state index contributed by atoms with van der Waals surface area (Å²) in [5.74, 6) is -2.87. The van der Waals surface area contributed by atoms with Gasteiger partial charge in [0.15, 0.2) is 5.13 Å². The van der Waals surface area contributed by atoms with Crippen molar-refractivity contribution >= 4 is 39.9 Å². The molecule has 0 spiro atoms. The number of carbonyl (C=O) groups is 1. The lowest BCUT2D eigenvalue weighted by Gasteiger charge is -2.04. The number of esters is 1. The minimum atomic E-state index is -2.44. The number of hydrogen-bond donors (Lipinski definition) is 1. The number of thiazole rings is 1. The number of benzene rings is 1. The highest BCUT2D eigenvalue weighted by Gasteiger charge is 2.15. The van der Waals surface area contributed by atoms with E-state index in [9.17, 15) is 13.6 Å². The number of hydrogen-bond acceptors (Lipinski definition) is 6. The Morgan fingerprint density at radius 3 is 2.62 bits per heavy atom. The molecular weight excluding hydrogens is 318 g/mol. The van der Waals surface area contributed by atoms with E-state index in [1.165, 1.54) is 18.4 Å². The Morgan fingerprint density at radius 2 is 2.05 bits per heavy atom. The van der Waals surface area contributed by atoms with Crippen LogP contribution < -0.4 is 5.32 Å². The van der Waals surface area contributed by atoms with Crippen LogP contribution in [0.2, 0.25) is 0 Å². The van der Waals surface area contributed by atoms with Crippen LogP contribution in [0.3, 0.4) is 0 Å². The molecule has 0 aliphatic heterocycles. The van der Waals surface area contributed by atoms with E-state index in [0.29, 0.717) is 38.0 Å². The number of alkyl halides is 2. The first-order chi connectivity index (χ1) is 9.99. The van der Waals surface area contributed by atoms with E-state index in [2.05, 4.69) is 15.0 Å². The zero-order valence-corrected chi connectivity index (χ0v) is 12.9. The second-order valence-electron chi connectivity index (χ2n) is 3.95. The first-order valence-corrected chi connectivity index (χ1v) is 7.57. The summed E-state index contributed by atoms with van der Waals surface area (Å²) in [5, 5.41) is 3.57. The predicted octanol–water partition coefficient (Wildman–Crippen LogP) is 4.30. The van der Waals surface area contributed by atoms with Crippen LogP contribution >= 0.6 is 23.1 Å². The summed E-state index contributed by atoms with van der Waals surface area (Å²) in [5.41, 5.74) is 1.29. The summed E-state index contributed by atoms with van der Waals surface area (Å²) in [4.78, 5) is 16.6. The zero-order valence-electron chi connectivity index (χ0n) is 11.2. The van der Waals surface area contributed by atoms with Gasteiger partial charge in [0.05, 0.1) is 12.8 Å². The van der Waals surface area contributed by atoms with Crippen LogP contribution in [0.4, 0.5) is 19.6 Å². The fraction of sp³-hybridized carbons (Fsp3) is 0.231. The van der Waals surface area contributed by atoms with E-state index < -0.39 is 11.7 Å².